The molecule has 89 heavy (non-hydrogen) atoms. The molecule has 12 rings (SSSR count). The van der Waals surface area contributed by atoms with E-state index in [1.807, 2.05) is 352 Å². The van der Waals surface area contributed by atoms with Crippen LogP contribution in [0.1, 0.15) is 0 Å². The Morgan fingerprint density at radius 1 is 0.157 bits per heavy atom. The van der Waals surface area contributed by atoms with E-state index in [4.69, 9.17) is 54.3 Å². The van der Waals surface area contributed by atoms with Crippen molar-refractivity contribution in [2.24, 2.45) is 0 Å². The number of rotatable bonds is 24. The molecule has 12 aromatic rings. The number of hydrogen-bond acceptors (Lipinski definition) is 12. The van der Waals surface area contributed by atoms with Gasteiger partial charge in [0.2, 0.25) is 0 Å². The molecule has 0 bridgehead atoms. The molecule has 0 aliphatic rings. The summed E-state index contributed by atoms with van der Waals surface area (Å²) >= 11 is 0. The Morgan fingerprint density at radius 3 is 0.427 bits per heavy atom. The summed E-state index contributed by atoms with van der Waals surface area (Å²) in [6, 6.07) is 115. The minimum absolute atomic E-state index is 0. The second kappa shape index (κ2) is 38.7. The first-order chi connectivity index (χ1) is 43.6. The molecule has 0 spiro atoms. The number of para-hydroxylation sites is 12. The van der Waals surface area contributed by atoms with Gasteiger partial charge in [0.1, 0.15) is 0 Å². The van der Waals surface area contributed by atoms with Crippen molar-refractivity contribution in [3.63, 3.8) is 0 Å². The predicted octanol–water partition coefficient (Wildman–Crippen LogP) is 20.5. The van der Waals surface area contributed by atoms with Crippen LogP contribution in [-0.2, 0) is 19.5 Å². The van der Waals surface area contributed by atoms with Crippen molar-refractivity contribution in [2.45, 2.75) is 0 Å². The molecule has 12 nitrogen and oxygen atoms in total. The molecule has 17 heteroatoms. The van der Waals surface area contributed by atoms with Crippen molar-refractivity contribution in [1.82, 2.24) is 0 Å². The summed E-state index contributed by atoms with van der Waals surface area (Å²) in [4.78, 5) is 0. The van der Waals surface area contributed by atoms with Crippen LogP contribution >= 0.6 is 34.4 Å². The summed E-state index contributed by atoms with van der Waals surface area (Å²) in [5, 5.41) is 0. The SMILES string of the molecule is [Rh].[c-]1ccccc1O[PH+](Oc1ccccc1)Oc1ccccc1.c1ccc(O[PH+](Oc2ccccc2)Oc2ccccc2)cc1.c1ccc(O[PH+](Oc2ccccc2)Oc2ccccc2)cc1.c1ccc(O[PH+](Oc2ccccc2)Oc2ccccc2)cc1. The minimum Gasteiger partial charge on any atom is -0.300 e. The topological polar surface area (TPSA) is 111 Å². The fourth-order valence-corrected chi connectivity index (χ4v) is 11.6. The molecule has 0 saturated heterocycles. The third-order valence-corrected chi connectivity index (χ3v) is 16.1. The Balaban J connectivity index is 0.000000153. The van der Waals surface area contributed by atoms with E-state index in [2.05, 4.69) is 6.07 Å². The Hall–Kier alpha value is -9.42. The van der Waals surface area contributed by atoms with Gasteiger partial charge in [0.15, 0.2) is 63.2 Å². The summed E-state index contributed by atoms with van der Waals surface area (Å²) in [7, 11) is -8.04. The maximum Gasteiger partial charge on any atom is 0.528 e. The molecule has 0 amide bonds. The van der Waals surface area contributed by atoms with Gasteiger partial charge in [0.25, 0.3) is 0 Å². The maximum atomic E-state index is 5.88. The number of benzene rings is 12. The van der Waals surface area contributed by atoms with Crippen LogP contribution in [0.5, 0.6) is 69.0 Å². The van der Waals surface area contributed by atoms with Gasteiger partial charge in [0.05, 0.1) is 5.75 Å². The van der Waals surface area contributed by atoms with Crippen LogP contribution in [0.4, 0.5) is 0 Å². The van der Waals surface area contributed by atoms with Crippen molar-refractivity contribution >= 4 is 34.4 Å². The summed E-state index contributed by atoms with van der Waals surface area (Å²) < 4.78 is 70.5. The quantitative estimate of drug-likeness (QED) is 0.0326. The first-order valence-electron chi connectivity index (χ1n) is 27.7. The van der Waals surface area contributed by atoms with E-state index in [9.17, 15) is 0 Å². The second-order valence-corrected chi connectivity index (χ2v) is 22.3. The molecular weight excluding hydrogens is 1280 g/mol. The molecule has 0 atom stereocenters. The molecule has 12 aromatic carbocycles. The fraction of sp³-hybridized carbons (Fsp3) is 0. The first kappa shape index (κ1) is 65.6. The summed E-state index contributed by atoms with van der Waals surface area (Å²) in [5.41, 5.74) is 0. The Bertz CT molecular complexity index is 2810. The predicted molar refractivity (Wildman–Crippen MR) is 357 cm³/mol. The zero-order chi connectivity index (χ0) is 60.1. The largest absolute Gasteiger partial charge is 0.528 e. The van der Waals surface area contributed by atoms with Gasteiger partial charge in [-0.05, 0) is 133 Å². The van der Waals surface area contributed by atoms with E-state index < -0.39 is 34.4 Å². The summed E-state index contributed by atoms with van der Waals surface area (Å²) in [5.74, 6) is 8.55. The van der Waals surface area contributed by atoms with Crippen LogP contribution < -0.4 is 54.3 Å². The monoisotopic (exact) mass is 1350 g/mol. The summed E-state index contributed by atoms with van der Waals surface area (Å²) in [6.07, 6.45) is 0. The van der Waals surface area contributed by atoms with Crippen LogP contribution in [0.2, 0.25) is 0 Å². The van der Waals surface area contributed by atoms with Crippen molar-refractivity contribution in [3.05, 3.63) is 364 Å². The van der Waals surface area contributed by atoms with E-state index in [0.717, 1.165) is 51.7 Å². The molecule has 1 radical (unpaired) electrons. The van der Waals surface area contributed by atoms with Gasteiger partial charge in [-0.15, -0.1) is 12.1 Å². The number of hydrogen-bond donors (Lipinski definition) is 0. The third kappa shape index (κ3) is 25.4. The molecule has 0 aliphatic heterocycles. The van der Waals surface area contributed by atoms with Crippen LogP contribution in [0, 0.1) is 6.07 Å². The molecule has 0 aliphatic carbocycles. The molecule has 0 saturated carbocycles. The van der Waals surface area contributed by atoms with E-state index in [0.29, 0.717) is 17.2 Å². The first-order valence-corrected chi connectivity index (χ1v) is 32.6. The van der Waals surface area contributed by atoms with E-state index in [-0.39, 0.29) is 19.5 Å². The van der Waals surface area contributed by atoms with Gasteiger partial charge in [-0.3, -0.25) is 49.8 Å². The van der Waals surface area contributed by atoms with Crippen LogP contribution in [0.3, 0.4) is 0 Å². The van der Waals surface area contributed by atoms with Crippen molar-refractivity contribution in [2.75, 3.05) is 0 Å². The average Bonchev–Trinajstić information content (AvgIpc) is 3.58. The third-order valence-electron chi connectivity index (χ3n) is 11.3. The van der Waals surface area contributed by atoms with Gasteiger partial charge < -0.3 is 4.52 Å². The molecule has 0 fully saturated rings. The van der Waals surface area contributed by atoms with Gasteiger partial charge in [-0.2, -0.15) is 18.2 Å². The smallest absolute Gasteiger partial charge is 0.300 e. The zero-order valence-corrected chi connectivity index (χ0v) is 53.4. The Morgan fingerprint density at radius 2 is 0.292 bits per heavy atom. The van der Waals surface area contributed by atoms with Crippen molar-refractivity contribution < 1.29 is 73.8 Å². The van der Waals surface area contributed by atoms with E-state index >= 15 is 0 Å². The van der Waals surface area contributed by atoms with Gasteiger partial charge in [0, 0.05) is 19.5 Å². The Kier molecular flexibility index (Phi) is 28.5. The molecule has 0 heterocycles. The second-order valence-electron chi connectivity index (χ2n) is 17.9. The van der Waals surface area contributed by atoms with Crippen molar-refractivity contribution in [1.29, 1.82) is 0 Å². The minimum atomic E-state index is -2.03. The average molecular weight is 1350 g/mol. The van der Waals surface area contributed by atoms with Crippen LogP contribution in [0.15, 0.2) is 358 Å². The normalized spacial score (nSPS) is 10.1. The Labute approximate surface area is 537 Å². The summed E-state index contributed by atoms with van der Waals surface area (Å²) in [6.45, 7) is 0. The maximum absolute atomic E-state index is 5.88. The fourth-order valence-electron chi connectivity index (χ4n) is 7.21. The zero-order valence-electron chi connectivity index (χ0n) is 47.8. The van der Waals surface area contributed by atoms with Gasteiger partial charge in [-0.1, -0.05) is 200 Å². The van der Waals surface area contributed by atoms with E-state index in [1.54, 1.807) is 6.07 Å². The van der Waals surface area contributed by atoms with Crippen molar-refractivity contribution in [3.8, 4) is 69.0 Å². The molecule has 0 N–H and O–H groups in total. The van der Waals surface area contributed by atoms with Gasteiger partial charge >= 0.3 is 34.4 Å². The van der Waals surface area contributed by atoms with E-state index in [1.165, 1.54) is 0 Å². The molecular formula is C72H63O12P4Rh+3. The molecule has 0 aromatic heterocycles. The molecule has 0 unspecified atom stereocenters. The van der Waals surface area contributed by atoms with Gasteiger partial charge in [-0.25, -0.2) is 0 Å². The molecule has 449 valence electrons. The van der Waals surface area contributed by atoms with Crippen LogP contribution in [0.25, 0.3) is 0 Å². The van der Waals surface area contributed by atoms with Crippen LogP contribution in [-0.4, -0.2) is 0 Å². The standard InChI is InChI=1S/3C18H16O3P.C18H15O3P.Rh/c4*1-4-10-16(11-5-1)19-22(20-17-12-6-2-7-13-17)21-18-14-8-3-9-15-18;/h3*1-15,22H;1-14,22H;/q3*+1;;.